The van der Waals surface area contributed by atoms with Gasteiger partial charge in [-0.25, -0.2) is 4.98 Å². The second kappa shape index (κ2) is 6.71. The van der Waals surface area contributed by atoms with E-state index in [0.717, 1.165) is 36.6 Å². The largest absolute Gasteiger partial charge is 0.316 e. The average Bonchev–Trinajstić information content (AvgIpc) is 2.89. The quantitative estimate of drug-likeness (QED) is 0.613. The van der Waals surface area contributed by atoms with Crippen LogP contribution in [0.25, 0.3) is 4.96 Å². The van der Waals surface area contributed by atoms with Crippen molar-refractivity contribution in [3.05, 3.63) is 35.1 Å². The standard InChI is InChI=1S/C14H21N3S/c1-3-6-15-7-4-5-12(2)10-13-11-17-8-9-18-14(17)16-13/h5,8-9,11,15H,3-4,6-7,10H2,1-2H3/b12-5-. The van der Waals surface area contributed by atoms with E-state index in [1.807, 2.05) is 0 Å². The van der Waals surface area contributed by atoms with Crippen molar-refractivity contribution in [3.63, 3.8) is 0 Å². The number of aromatic nitrogens is 2. The Morgan fingerprint density at radius 1 is 1.50 bits per heavy atom. The molecule has 0 radical (unpaired) electrons. The number of rotatable bonds is 7. The predicted octanol–water partition coefficient (Wildman–Crippen LogP) is 3.27. The molecular formula is C14H21N3S. The zero-order valence-electron chi connectivity index (χ0n) is 11.1. The Labute approximate surface area is 113 Å². The van der Waals surface area contributed by atoms with Gasteiger partial charge in [-0.1, -0.05) is 18.6 Å². The Bertz CT molecular complexity index is 481. The molecule has 2 aromatic heterocycles. The van der Waals surface area contributed by atoms with Gasteiger partial charge in [-0.2, -0.15) is 0 Å². The minimum Gasteiger partial charge on any atom is -0.316 e. The molecule has 0 spiro atoms. The van der Waals surface area contributed by atoms with Gasteiger partial charge in [0.1, 0.15) is 0 Å². The van der Waals surface area contributed by atoms with E-state index in [1.165, 1.54) is 12.0 Å². The lowest BCUT2D eigenvalue weighted by Crippen LogP contribution is -2.15. The van der Waals surface area contributed by atoms with Crippen molar-refractivity contribution < 1.29 is 0 Å². The molecule has 2 aromatic rings. The van der Waals surface area contributed by atoms with Gasteiger partial charge in [0.2, 0.25) is 0 Å². The number of thiazole rings is 1. The highest BCUT2D eigenvalue weighted by Crippen LogP contribution is 2.14. The highest BCUT2D eigenvalue weighted by Gasteiger charge is 2.02. The van der Waals surface area contributed by atoms with Crippen molar-refractivity contribution in [2.24, 2.45) is 0 Å². The third-order valence-corrected chi connectivity index (χ3v) is 3.61. The molecule has 98 valence electrons. The highest BCUT2D eigenvalue weighted by atomic mass is 32.1. The predicted molar refractivity (Wildman–Crippen MR) is 78.3 cm³/mol. The van der Waals surface area contributed by atoms with E-state index in [4.69, 9.17) is 0 Å². The number of imidazole rings is 1. The molecule has 0 unspecified atom stereocenters. The molecule has 0 aliphatic rings. The van der Waals surface area contributed by atoms with Crippen LogP contribution in [0, 0.1) is 0 Å². The molecule has 0 amide bonds. The Morgan fingerprint density at radius 3 is 3.17 bits per heavy atom. The summed E-state index contributed by atoms with van der Waals surface area (Å²) in [6.45, 7) is 6.57. The van der Waals surface area contributed by atoms with Crippen molar-refractivity contribution in [1.82, 2.24) is 14.7 Å². The molecule has 0 aliphatic carbocycles. The molecule has 2 heterocycles. The van der Waals surface area contributed by atoms with Crippen LogP contribution < -0.4 is 5.32 Å². The highest BCUT2D eigenvalue weighted by molar-refractivity contribution is 7.15. The lowest BCUT2D eigenvalue weighted by Gasteiger charge is -2.01. The molecular weight excluding hydrogens is 242 g/mol. The Kier molecular flexibility index (Phi) is 4.96. The molecule has 0 saturated carbocycles. The molecule has 0 fully saturated rings. The maximum absolute atomic E-state index is 4.60. The smallest absolute Gasteiger partial charge is 0.193 e. The lowest BCUT2D eigenvalue weighted by atomic mass is 10.1. The molecule has 3 nitrogen and oxygen atoms in total. The van der Waals surface area contributed by atoms with E-state index >= 15 is 0 Å². The normalized spacial score (nSPS) is 12.4. The van der Waals surface area contributed by atoms with Crippen molar-refractivity contribution in [2.45, 2.75) is 33.1 Å². The summed E-state index contributed by atoms with van der Waals surface area (Å²) in [5.41, 5.74) is 2.57. The second-order valence-corrected chi connectivity index (χ2v) is 5.46. The van der Waals surface area contributed by atoms with Crippen LogP contribution in [0.1, 0.15) is 32.4 Å². The number of hydrogen-bond donors (Lipinski definition) is 1. The summed E-state index contributed by atoms with van der Waals surface area (Å²) in [4.78, 5) is 5.68. The zero-order chi connectivity index (χ0) is 12.8. The monoisotopic (exact) mass is 263 g/mol. The van der Waals surface area contributed by atoms with Crippen LogP contribution in [-0.2, 0) is 6.42 Å². The fourth-order valence-corrected chi connectivity index (χ4v) is 2.66. The first-order valence-electron chi connectivity index (χ1n) is 6.57. The van der Waals surface area contributed by atoms with E-state index in [2.05, 4.69) is 52.4 Å². The summed E-state index contributed by atoms with van der Waals surface area (Å²) in [5.74, 6) is 0. The molecule has 0 bridgehead atoms. The number of fused-ring (bicyclic) bond motifs is 1. The molecule has 0 saturated heterocycles. The van der Waals surface area contributed by atoms with Crippen LogP contribution in [0.15, 0.2) is 29.4 Å². The molecule has 2 rings (SSSR count). The van der Waals surface area contributed by atoms with Crippen LogP contribution in [0.4, 0.5) is 0 Å². The van der Waals surface area contributed by atoms with Crippen LogP contribution >= 0.6 is 11.3 Å². The first kappa shape index (κ1) is 13.3. The van der Waals surface area contributed by atoms with Crippen molar-refractivity contribution in [3.8, 4) is 0 Å². The summed E-state index contributed by atoms with van der Waals surface area (Å²) in [6.07, 6.45) is 9.77. The van der Waals surface area contributed by atoms with Gasteiger partial charge in [0.05, 0.1) is 5.69 Å². The van der Waals surface area contributed by atoms with Gasteiger partial charge in [-0.3, -0.25) is 4.40 Å². The van der Waals surface area contributed by atoms with Gasteiger partial charge in [0.25, 0.3) is 0 Å². The SMILES string of the molecule is CCCNCC/C=C(/C)Cc1cn2ccsc2n1. The van der Waals surface area contributed by atoms with Crippen molar-refractivity contribution in [2.75, 3.05) is 13.1 Å². The van der Waals surface area contributed by atoms with E-state index in [1.54, 1.807) is 11.3 Å². The third-order valence-electron chi connectivity index (χ3n) is 2.84. The van der Waals surface area contributed by atoms with E-state index in [-0.39, 0.29) is 0 Å². The topological polar surface area (TPSA) is 29.3 Å². The molecule has 4 heteroatoms. The van der Waals surface area contributed by atoms with E-state index in [9.17, 15) is 0 Å². The first-order chi connectivity index (χ1) is 8.79. The fourth-order valence-electron chi connectivity index (χ4n) is 1.94. The van der Waals surface area contributed by atoms with Crippen molar-refractivity contribution >= 4 is 16.3 Å². The van der Waals surface area contributed by atoms with E-state index in [0.29, 0.717) is 0 Å². The second-order valence-electron chi connectivity index (χ2n) is 4.59. The molecule has 0 aliphatic heterocycles. The number of nitrogens with zero attached hydrogens (tertiary/aromatic N) is 2. The summed E-state index contributed by atoms with van der Waals surface area (Å²) in [7, 11) is 0. The van der Waals surface area contributed by atoms with Gasteiger partial charge >= 0.3 is 0 Å². The minimum atomic E-state index is 0.960. The van der Waals surface area contributed by atoms with Gasteiger partial charge in [-0.15, -0.1) is 11.3 Å². The van der Waals surface area contributed by atoms with Crippen LogP contribution in [0.5, 0.6) is 0 Å². The Morgan fingerprint density at radius 2 is 2.39 bits per heavy atom. The molecule has 18 heavy (non-hydrogen) atoms. The number of hydrogen-bond acceptors (Lipinski definition) is 3. The van der Waals surface area contributed by atoms with Gasteiger partial charge in [0, 0.05) is 24.2 Å². The molecule has 0 aromatic carbocycles. The number of allylic oxidation sites excluding steroid dienone is 1. The van der Waals surface area contributed by atoms with Crippen molar-refractivity contribution in [1.29, 1.82) is 0 Å². The Hall–Kier alpha value is -1.13. The maximum Gasteiger partial charge on any atom is 0.193 e. The van der Waals surface area contributed by atoms with Gasteiger partial charge in [0.15, 0.2) is 4.96 Å². The first-order valence-corrected chi connectivity index (χ1v) is 7.45. The third kappa shape index (κ3) is 3.68. The molecule has 1 N–H and O–H groups in total. The van der Waals surface area contributed by atoms with E-state index < -0.39 is 0 Å². The molecule has 0 atom stereocenters. The fraction of sp³-hybridized carbons (Fsp3) is 0.500. The van der Waals surface area contributed by atoms with Crippen LogP contribution in [0.2, 0.25) is 0 Å². The minimum absolute atomic E-state index is 0.960. The summed E-state index contributed by atoms with van der Waals surface area (Å²) < 4.78 is 2.09. The maximum atomic E-state index is 4.60. The average molecular weight is 263 g/mol. The van der Waals surface area contributed by atoms with Gasteiger partial charge < -0.3 is 5.32 Å². The summed E-state index contributed by atoms with van der Waals surface area (Å²) in [6, 6.07) is 0. The summed E-state index contributed by atoms with van der Waals surface area (Å²) >= 11 is 1.68. The Balaban J connectivity index is 1.81. The number of nitrogens with one attached hydrogen (secondary N) is 1. The van der Waals surface area contributed by atoms with Crippen LogP contribution in [-0.4, -0.2) is 22.5 Å². The zero-order valence-corrected chi connectivity index (χ0v) is 12.0. The van der Waals surface area contributed by atoms with Crippen LogP contribution in [0.3, 0.4) is 0 Å². The lowest BCUT2D eigenvalue weighted by molar-refractivity contribution is 0.676. The van der Waals surface area contributed by atoms with Gasteiger partial charge in [-0.05, 0) is 32.9 Å². The summed E-state index contributed by atoms with van der Waals surface area (Å²) in [5, 5.41) is 5.47.